The molecule has 2 aliphatic heterocycles. The highest BCUT2D eigenvalue weighted by atomic mass is 79.9. The molecule has 2 aliphatic rings. The van der Waals surface area contributed by atoms with E-state index >= 15 is 0 Å². The first kappa shape index (κ1) is 43.0. The molecule has 2 aromatic heterocycles. The summed E-state index contributed by atoms with van der Waals surface area (Å²) in [5.74, 6) is 0.232. The summed E-state index contributed by atoms with van der Waals surface area (Å²) >= 11 is 14.0. The van der Waals surface area contributed by atoms with Crippen LogP contribution in [0.15, 0.2) is 60.6 Å². The number of hydrogen-bond donors (Lipinski definition) is 3. The molecule has 1 atom stereocenters. The van der Waals surface area contributed by atoms with E-state index in [-0.39, 0.29) is 21.4 Å². The van der Waals surface area contributed by atoms with Gasteiger partial charge in [0.25, 0.3) is 15.9 Å². The van der Waals surface area contributed by atoms with E-state index in [1.54, 1.807) is 22.5 Å². The van der Waals surface area contributed by atoms with Gasteiger partial charge >= 0.3 is 5.97 Å². The minimum Gasteiger partial charge on any atom is -0.480 e. The predicted octanol–water partition coefficient (Wildman–Crippen LogP) is 7.45. The molecule has 0 radical (unpaired) electrons. The molecule has 3 aromatic rings. The van der Waals surface area contributed by atoms with E-state index in [9.17, 15) is 31.5 Å². The van der Waals surface area contributed by atoms with Crippen molar-refractivity contribution in [3.63, 3.8) is 0 Å². The van der Waals surface area contributed by atoms with Crippen molar-refractivity contribution in [2.45, 2.75) is 86.3 Å². The second-order valence-corrected chi connectivity index (χ2v) is 21.2. The number of nitrogens with one attached hydrogen (secondary N) is 2. The van der Waals surface area contributed by atoms with Gasteiger partial charge in [-0.2, -0.15) is 9.03 Å². The summed E-state index contributed by atoms with van der Waals surface area (Å²) in [4.78, 5) is 30.7. The van der Waals surface area contributed by atoms with Crippen molar-refractivity contribution in [3.8, 4) is 0 Å². The average molecular weight is 952 g/mol. The van der Waals surface area contributed by atoms with Gasteiger partial charge in [-0.25, -0.2) is 21.8 Å². The lowest BCUT2D eigenvalue weighted by atomic mass is 9.87. The van der Waals surface area contributed by atoms with E-state index in [1.165, 1.54) is 12.3 Å². The van der Waals surface area contributed by atoms with Crippen LogP contribution in [-0.2, 0) is 24.8 Å². The molecular weight excluding hydrogens is 906 g/mol. The Balaban J connectivity index is 1.02. The summed E-state index contributed by atoms with van der Waals surface area (Å²) in [6.45, 7) is 4.88. The fraction of sp³-hybridized carbons (Fsp3) is 0.528. The number of amides is 1. The third-order valence-electron chi connectivity index (χ3n) is 10.2. The molecule has 1 unspecified atom stereocenters. The average Bonchev–Trinajstić information content (AvgIpc) is 3.49. The maximum atomic E-state index is 13.2. The van der Waals surface area contributed by atoms with Crippen molar-refractivity contribution < 1.29 is 31.5 Å². The van der Waals surface area contributed by atoms with Crippen LogP contribution in [0.4, 0.5) is 5.82 Å². The number of benzene rings is 1. The zero-order valence-electron chi connectivity index (χ0n) is 30.0. The summed E-state index contributed by atoms with van der Waals surface area (Å²) < 4.78 is 58.2. The first-order valence-corrected chi connectivity index (χ1v) is 23.8. The first-order valence-electron chi connectivity index (χ1n) is 18.1. The summed E-state index contributed by atoms with van der Waals surface area (Å²) in [7, 11) is -7.70. The van der Waals surface area contributed by atoms with Gasteiger partial charge in [0, 0.05) is 49.0 Å². The summed E-state index contributed by atoms with van der Waals surface area (Å²) in [5.41, 5.74) is 1.59. The van der Waals surface area contributed by atoms with Crippen LogP contribution in [0.25, 0.3) is 0 Å². The van der Waals surface area contributed by atoms with E-state index in [0.29, 0.717) is 69.0 Å². The Hall–Kier alpha value is -2.12. The number of aliphatic carboxylic acids is 1. The number of aromatic nitrogens is 1. The molecule has 1 aromatic carbocycles. The molecule has 0 saturated carbocycles. The maximum absolute atomic E-state index is 13.2. The number of carboxylic acid groups (broad SMARTS) is 1. The van der Waals surface area contributed by atoms with Gasteiger partial charge in [0.2, 0.25) is 10.0 Å². The zero-order chi connectivity index (χ0) is 39.0. The van der Waals surface area contributed by atoms with Crippen LogP contribution < -0.4 is 14.9 Å². The summed E-state index contributed by atoms with van der Waals surface area (Å²) in [6, 6.07) is 8.88. The largest absolute Gasteiger partial charge is 0.480 e. The number of unbranched alkanes of at least 4 members (excludes halogenated alkanes) is 1. The van der Waals surface area contributed by atoms with Crippen molar-refractivity contribution >= 4 is 92.5 Å². The number of nitrogens with zero attached hydrogens (tertiary/aromatic N) is 3. The topological polar surface area (TPSA) is 166 Å². The van der Waals surface area contributed by atoms with Gasteiger partial charge in [-0.1, -0.05) is 48.6 Å². The van der Waals surface area contributed by atoms with Gasteiger partial charge in [-0.15, -0.1) is 11.3 Å². The molecule has 2 fully saturated rings. The normalized spacial score (nSPS) is 17.1. The number of pyridine rings is 1. The smallest absolute Gasteiger partial charge is 0.321 e. The fourth-order valence-electron chi connectivity index (χ4n) is 6.91. The second-order valence-electron chi connectivity index (χ2n) is 14.0. The van der Waals surface area contributed by atoms with E-state index in [4.69, 9.17) is 11.6 Å². The van der Waals surface area contributed by atoms with Gasteiger partial charge in [-0.05, 0) is 120 Å². The molecule has 12 nitrogen and oxygen atoms in total. The number of carboxylic acids is 1. The monoisotopic (exact) mass is 949 g/mol. The van der Waals surface area contributed by atoms with E-state index in [2.05, 4.69) is 51.8 Å². The molecule has 1 amide bonds. The Morgan fingerprint density at radius 2 is 1.57 bits per heavy atom. The molecule has 5 rings (SSSR count). The van der Waals surface area contributed by atoms with Crippen LogP contribution >= 0.6 is 54.8 Å². The number of halogens is 3. The van der Waals surface area contributed by atoms with Gasteiger partial charge in [0.05, 0.1) is 4.47 Å². The highest BCUT2D eigenvalue weighted by Gasteiger charge is 2.32. The predicted molar refractivity (Wildman–Crippen MR) is 218 cm³/mol. The lowest BCUT2D eigenvalue weighted by Crippen LogP contribution is -2.41. The van der Waals surface area contributed by atoms with Crippen molar-refractivity contribution in [2.24, 2.45) is 11.8 Å². The molecule has 3 N–H and O–H groups in total. The second kappa shape index (κ2) is 19.4. The molecular formula is C36H46Br2ClN5O7S3. The Morgan fingerprint density at radius 1 is 0.944 bits per heavy atom. The number of carbonyl (C=O) groups excluding carboxylic acids is 1. The lowest BCUT2D eigenvalue weighted by molar-refractivity contribution is -0.139. The number of carbonyl (C=O) groups is 2. The van der Waals surface area contributed by atoms with Crippen LogP contribution in [0.5, 0.6) is 0 Å². The number of aryl methyl sites for hydroxylation is 1. The van der Waals surface area contributed by atoms with Gasteiger partial charge in [0.15, 0.2) is 0 Å². The molecule has 0 spiro atoms. The number of thiophene rings is 1. The Morgan fingerprint density at radius 3 is 2.15 bits per heavy atom. The minimum atomic E-state index is -4.17. The van der Waals surface area contributed by atoms with Gasteiger partial charge < -0.3 is 15.3 Å². The molecule has 0 bridgehead atoms. The third kappa shape index (κ3) is 11.5. The van der Waals surface area contributed by atoms with Crippen LogP contribution in [0, 0.1) is 18.8 Å². The third-order valence-corrected chi connectivity index (χ3v) is 17.0. The highest BCUT2D eigenvalue weighted by Crippen LogP contribution is 2.38. The van der Waals surface area contributed by atoms with Crippen LogP contribution in [0.1, 0.15) is 80.1 Å². The number of anilines is 1. The SMILES string of the molecule is Cc1ccc(C(=O)NCCCCC(NS(=O)(=O)c2cnc(N3CCC(CCCC4CCN(S(=O)(=O)c5cc(Br)c(Cl)s5)CC4)CC3)c(Br)c2)C(=O)O)cc1. The number of piperidine rings is 2. The first-order chi connectivity index (χ1) is 25.6. The van der Waals surface area contributed by atoms with E-state index in [0.717, 1.165) is 74.9 Å². The molecule has 0 aliphatic carbocycles. The molecule has 296 valence electrons. The molecule has 2 saturated heterocycles. The quantitative estimate of drug-likeness (QED) is 0.117. The Labute approximate surface area is 343 Å². The standard InChI is InChI=1S/C36H46Br2ClN5O7S3/c1-24-8-10-27(11-9-24)35(45)40-16-3-2-7-31(36(46)47)42-53(48,49)28-21-30(38)34(41-23-28)43-17-12-25(13-18-43)5-4-6-26-14-19-44(20-15-26)54(50,51)32-22-29(37)33(39)52-32/h8-11,21-23,25-26,31,42H,2-7,12-20H2,1H3,(H,40,45)(H,46,47). The molecule has 18 heteroatoms. The van der Waals surface area contributed by atoms with E-state index in [1.807, 2.05) is 19.1 Å². The van der Waals surface area contributed by atoms with Crippen LogP contribution in [0.2, 0.25) is 4.34 Å². The zero-order valence-corrected chi connectivity index (χ0v) is 36.4. The van der Waals surface area contributed by atoms with Gasteiger partial charge in [0.1, 0.15) is 25.3 Å². The summed E-state index contributed by atoms with van der Waals surface area (Å²) in [5, 5.41) is 12.5. The van der Waals surface area contributed by atoms with Crippen molar-refractivity contribution in [2.75, 3.05) is 37.6 Å². The number of rotatable bonds is 17. The molecule has 4 heterocycles. The van der Waals surface area contributed by atoms with Crippen molar-refractivity contribution in [1.29, 1.82) is 0 Å². The minimum absolute atomic E-state index is 0.0602. The maximum Gasteiger partial charge on any atom is 0.321 e. The van der Waals surface area contributed by atoms with Crippen LogP contribution in [0.3, 0.4) is 0 Å². The van der Waals surface area contributed by atoms with Crippen LogP contribution in [-0.4, -0.2) is 81.9 Å². The van der Waals surface area contributed by atoms with Crippen molar-refractivity contribution in [1.82, 2.24) is 19.3 Å². The molecule has 54 heavy (non-hydrogen) atoms. The summed E-state index contributed by atoms with van der Waals surface area (Å²) in [6.07, 6.45) is 9.17. The van der Waals surface area contributed by atoms with E-state index < -0.39 is 32.1 Å². The number of sulfonamides is 2. The Kier molecular flexibility index (Phi) is 15.4. The number of hydrogen-bond acceptors (Lipinski definition) is 9. The highest BCUT2D eigenvalue weighted by molar-refractivity contribution is 9.11. The van der Waals surface area contributed by atoms with Gasteiger partial charge in [-0.3, -0.25) is 9.59 Å². The van der Waals surface area contributed by atoms with Crippen molar-refractivity contribution in [3.05, 3.63) is 67.0 Å². The fourth-order valence-corrected chi connectivity index (χ4v) is 12.8. The lowest BCUT2D eigenvalue weighted by Gasteiger charge is -2.34. The Bertz CT molecular complexity index is 1970.